The molecular weight excluding hydrogens is 334 g/mol. The standard InChI is InChI=1S/C10H5F3INO/c11-10(12,13)7-4-2-1-3-6(7)8-5-16-9(14)15-8/h1-5H. The molecular formula is C10H5F3INO. The number of rotatable bonds is 1. The Hall–Kier alpha value is -1.05. The van der Waals surface area contributed by atoms with E-state index in [1.165, 1.54) is 24.5 Å². The van der Waals surface area contributed by atoms with E-state index in [1.807, 2.05) is 0 Å². The number of hydrogen-bond donors (Lipinski definition) is 0. The molecule has 2 aromatic rings. The van der Waals surface area contributed by atoms with Gasteiger partial charge in [0.25, 0.3) is 3.90 Å². The summed E-state index contributed by atoms with van der Waals surface area (Å²) in [6.45, 7) is 0. The van der Waals surface area contributed by atoms with Crippen molar-refractivity contribution < 1.29 is 17.6 Å². The van der Waals surface area contributed by atoms with Crippen molar-refractivity contribution in [1.82, 2.24) is 4.98 Å². The van der Waals surface area contributed by atoms with Gasteiger partial charge in [0.15, 0.2) is 0 Å². The second-order valence-electron chi connectivity index (χ2n) is 3.03. The van der Waals surface area contributed by atoms with Gasteiger partial charge in [0, 0.05) is 28.2 Å². The van der Waals surface area contributed by atoms with Crippen molar-refractivity contribution in [3.63, 3.8) is 0 Å². The topological polar surface area (TPSA) is 26.0 Å². The highest BCUT2D eigenvalue weighted by Gasteiger charge is 2.33. The SMILES string of the molecule is FC(F)(F)c1ccccc1-c1coc(I)n1. The average molecular weight is 339 g/mol. The molecule has 0 aliphatic heterocycles. The molecule has 1 heterocycles. The molecule has 0 aliphatic rings. The maximum Gasteiger partial charge on any atom is 0.417 e. The summed E-state index contributed by atoms with van der Waals surface area (Å²) in [7, 11) is 0. The summed E-state index contributed by atoms with van der Waals surface area (Å²) in [6.07, 6.45) is -3.17. The van der Waals surface area contributed by atoms with E-state index in [0.717, 1.165) is 6.07 Å². The van der Waals surface area contributed by atoms with Crippen LogP contribution >= 0.6 is 22.6 Å². The van der Waals surface area contributed by atoms with Gasteiger partial charge in [0.1, 0.15) is 12.0 Å². The van der Waals surface area contributed by atoms with Crippen molar-refractivity contribution in [2.75, 3.05) is 0 Å². The lowest BCUT2D eigenvalue weighted by atomic mass is 10.1. The quantitative estimate of drug-likeness (QED) is 0.735. The number of aromatic nitrogens is 1. The molecule has 0 N–H and O–H groups in total. The molecule has 2 rings (SSSR count). The fourth-order valence-corrected chi connectivity index (χ4v) is 1.72. The first kappa shape index (κ1) is 11.4. The Morgan fingerprint density at radius 2 is 1.88 bits per heavy atom. The molecule has 0 saturated carbocycles. The predicted molar refractivity (Wildman–Crippen MR) is 59.7 cm³/mol. The van der Waals surface area contributed by atoms with Crippen LogP contribution in [0.4, 0.5) is 13.2 Å². The van der Waals surface area contributed by atoms with Crippen molar-refractivity contribution in [1.29, 1.82) is 0 Å². The molecule has 84 valence electrons. The van der Waals surface area contributed by atoms with Crippen LogP contribution in [0.2, 0.25) is 0 Å². The normalized spacial score (nSPS) is 11.8. The average Bonchev–Trinajstić information content (AvgIpc) is 2.64. The van der Waals surface area contributed by atoms with Gasteiger partial charge in [0.2, 0.25) is 0 Å². The summed E-state index contributed by atoms with van der Waals surface area (Å²) in [6, 6.07) is 5.27. The van der Waals surface area contributed by atoms with Crippen LogP contribution in [0.5, 0.6) is 0 Å². The molecule has 1 aromatic carbocycles. The summed E-state index contributed by atoms with van der Waals surface area (Å²) in [5.41, 5.74) is -0.487. The van der Waals surface area contributed by atoms with Crippen LogP contribution in [0.15, 0.2) is 34.9 Å². The lowest BCUT2D eigenvalue weighted by molar-refractivity contribution is -0.137. The molecule has 0 atom stereocenters. The van der Waals surface area contributed by atoms with Crippen LogP contribution in [0.25, 0.3) is 11.3 Å². The van der Waals surface area contributed by atoms with Crippen LogP contribution in [0.3, 0.4) is 0 Å². The molecule has 0 unspecified atom stereocenters. The second kappa shape index (κ2) is 4.08. The summed E-state index contributed by atoms with van der Waals surface area (Å²) >= 11 is 1.80. The number of benzene rings is 1. The van der Waals surface area contributed by atoms with E-state index in [-0.39, 0.29) is 11.3 Å². The number of hydrogen-bond acceptors (Lipinski definition) is 2. The van der Waals surface area contributed by atoms with Gasteiger partial charge in [-0.1, -0.05) is 18.2 Å². The Balaban J connectivity index is 2.57. The largest absolute Gasteiger partial charge is 0.440 e. The number of nitrogens with zero attached hydrogens (tertiary/aromatic N) is 1. The van der Waals surface area contributed by atoms with Gasteiger partial charge >= 0.3 is 6.18 Å². The summed E-state index contributed by atoms with van der Waals surface area (Å²) in [4.78, 5) is 3.88. The zero-order chi connectivity index (χ0) is 11.8. The van der Waals surface area contributed by atoms with E-state index in [1.54, 1.807) is 22.6 Å². The maximum absolute atomic E-state index is 12.7. The fraction of sp³-hybridized carbons (Fsp3) is 0.100. The Morgan fingerprint density at radius 3 is 2.44 bits per heavy atom. The Labute approximate surface area is 103 Å². The van der Waals surface area contributed by atoms with Crippen molar-refractivity contribution >= 4 is 22.6 Å². The minimum atomic E-state index is -4.39. The first-order valence-corrected chi connectivity index (χ1v) is 5.34. The van der Waals surface area contributed by atoms with Gasteiger partial charge in [-0.15, -0.1) is 0 Å². The number of alkyl halides is 3. The van der Waals surface area contributed by atoms with E-state index >= 15 is 0 Å². The third-order valence-electron chi connectivity index (χ3n) is 1.98. The molecule has 0 radical (unpaired) electrons. The van der Waals surface area contributed by atoms with Crippen LogP contribution in [-0.2, 0) is 6.18 Å². The van der Waals surface area contributed by atoms with Gasteiger partial charge in [-0.05, 0) is 6.07 Å². The highest BCUT2D eigenvalue weighted by Crippen LogP contribution is 2.36. The summed E-state index contributed by atoms with van der Waals surface area (Å²) < 4.78 is 43.2. The molecule has 2 nitrogen and oxygen atoms in total. The molecule has 6 heteroatoms. The maximum atomic E-state index is 12.7. The molecule has 16 heavy (non-hydrogen) atoms. The van der Waals surface area contributed by atoms with Gasteiger partial charge < -0.3 is 4.42 Å². The first-order valence-electron chi connectivity index (χ1n) is 4.26. The van der Waals surface area contributed by atoms with Gasteiger partial charge in [-0.25, -0.2) is 4.98 Å². The molecule has 0 fully saturated rings. The van der Waals surface area contributed by atoms with Crippen LogP contribution in [-0.4, -0.2) is 4.98 Å². The fourth-order valence-electron chi connectivity index (χ4n) is 1.33. The minimum Gasteiger partial charge on any atom is -0.440 e. The Morgan fingerprint density at radius 1 is 1.19 bits per heavy atom. The van der Waals surface area contributed by atoms with Crippen LogP contribution in [0, 0.1) is 3.90 Å². The van der Waals surface area contributed by atoms with Crippen molar-refractivity contribution in [2.24, 2.45) is 0 Å². The number of oxazole rings is 1. The molecule has 0 saturated heterocycles. The van der Waals surface area contributed by atoms with E-state index in [9.17, 15) is 13.2 Å². The van der Waals surface area contributed by atoms with Gasteiger partial charge in [0.05, 0.1) is 5.56 Å². The molecule has 0 spiro atoms. The van der Waals surface area contributed by atoms with Crippen molar-refractivity contribution in [3.05, 3.63) is 40.0 Å². The third-order valence-corrected chi connectivity index (χ3v) is 2.48. The molecule has 0 amide bonds. The van der Waals surface area contributed by atoms with Gasteiger partial charge in [-0.2, -0.15) is 13.2 Å². The zero-order valence-electron chi connectivity index (χ0n) is 7.75. The van der Waals surface area contributed by atoms with Crippen molar-refractivity contribution in [3.8, 4) is 11.3 Å². The van der Waals surface area contributed by atoms with Crippen LogP contribution < -0.4 is 0 Å². The summed E-state index contributed by atoms with van der Waals surface area (Å²) in [5, 5.41) is 0. The van der Waals surface area contributed by atoms with E-state index < -0.39 is 11.7 Å². The zero-order valence-corrected chi connectivity index (χ0v) is 9.91. The Bertz CT molecular complexity index is 507. The molecule has 1 aromatic heterocycles. The molecule has 0 aliphatic carbocycles. The van der Waals surface area contributed by atoms with Gasteiger partial charge in [-0.3, -0.25) is 0 Å². The Kier molecular flexibility index (Phi) is 2.92. The highest BCUT2D eigenvalue weighted by atomic mass is 127. The highest BCUT2D eigenvalue weighted by molar-refractivity contribution is 14.1. The summed E-state index contributed by atoms with van der Waals surface area (Å²) in [5.74, 6) is 0. The number of halogens is 4. The van der Waals surface area contributed by atoms with Crippen molar-refractivity contribution in [2.45, 2.75) is 6.18 Å². The minimum absolute atomic E-state index is 0.0293. The predicted octanol–water partition coefficient (Wildman–Crippen LogP) is 3.97. The smallest absolute Gasteiger partial charge is 0.417 e. The van der Waals surface area contributed by atoms with Crippen LogP contribution in [0.1, 0.15) is 5.56 Å². The lowest BCUT2D eigenvalue weighted by Crippen LogP contribution is -2.06. The third kappa shape index (κ3) is 2.21. The first-order chi connectivity index (χ1) is 7.48. The molecule has 0 bridgehead atoms. The van der Waals surface area contributed by atoms with E-state index in [2.05, 4.69) is 4.98 Å². The monoisotopic (exact) mass is 339 g/mol. The van der Waals surface area contributed by atoms with E-state index in [0.29, 0.717) is 3.90 Å². The second-order valence-corrected chi connectivity index (χ2v) is 3.95. The van der Waals surface area contributed by atoms with E-state index in [4.69, 9.17) is 4.42 Å². The lowest BCUT2D eigenvalue weighted by Gasteiger charge is -2.10.